The van der Waals surface area contributed by atoms with E-state index in [-0.39, 0.29) is 5.56 Å². The Hall–Kier alpha value is -1.90. The van der Waals surface area contributed by atoms with Crippen molar-refractivity contribution in [2.24, 2.45) is 0 Å². The molecule has 1 aromatic carbocycles. The molecule has 0 aliphatic heterocycles. The topological polar surface area (TPSA) is 45.8 Å². The van der Waals surface area contributed by atoms with E-state index in [1.807, 2.05) is 39.0 Å². The van der Waals surface area contributed by atoms with Crippen LogP contribution < -0.4 is 5.56 Å². The molecule has 0 saturated carbocycles. The number of H-pyrrole nitrogens is 1. The van der Waals surface area contributed by atoms with Crippen LogP contribution >= 0.6 is 0 Å². The van der Waals surface area contributed by atoms with Crippen LogP contribution in [0.3, 0.4) is 0 Å². The van der Waals surface area contributed by atoms with Crippen LogP contribution in [0.2, 0.25) is 0 Å². The molecule has 0 atom stereocenters. The molecule has 1 aliphatic carbocycles. The number of rotatable bonds is 0. The molecule has 2 aromatic rings. The van der Waals surface area contributed by atoms with E-state index in [1.54, 1.807) is 0 Å². The first kappa shape index (κ1) is 12.6. The zero-order valence-electron chi connectivity index (χ0n) is 11.1. The number of nitrogens with one attached hydrogen (secondary N) is 1. The fourth-order valence-corrected chi connectivity index (χ4v) is 2.34. The zero-order valence-corrected chi connectivity index (χ0v) is 11.1. The fourth-order valence-electron chi connectivity index (χ4n) is 2.34. The SMILES string of the molecule is CC.Cc1nc2c(c(=O)[nH]1)-c1ccccc1CC2. The second-order valence-electron chi connectivity index (χ2n) is 4.13. The Labute approximate surface area is 107 Å². The Morgan fingerprint density at radius 1 is 1.17 bits per heavy atom. The minimum Gasteiger partial charge on any atom is -0.310 e. The van der Waals surface area contributed by atoms with Gasteiger partial charge >= 0.3 is 0 Å². The number of aromatic amines is 1. The van der Waals surface area contributed by atoms with Crippen LogP contribution in [-0.2, 0) is 12.8 Å². The summed E-state index contributed by atoms with van der Waals surface area (Å²) in [6.45, 7) is 5.82. The predicted octanol–water partition coefficient (Wildman–Crippen LogP) is 2.87. The monoisotopic (exact) mass is 242 g/mol. The minimum atomic E-state index is -0.0188. The molecule has 0 fully saturated rings. The van der Waals surface area contributed by atoms with Crippen molar-refractivity contribution in [2.45, 2.75) is 33.6 Å². The van der Waals surface area contributed by atoms with Gasteiger partial charge < -0.3 is 4.98 Å². The number of hydrogen-bond donors (Lipinski definition) is 1. The third-order valence-electron chi connectivity index (χ3n) is 3.03. The molecule has 1 aromatic heterocycles. The molecule has 0 unspecified atom stereocenters. The van der Waals surface area contributed by atoms with E-state index in [2.05, 4.69) is 16.0 Å². The van der Waals surface area contributed by atoms with Gasteiger partial charge in [0.2, 0.25) is 0 Å². The van der Waals surface area contributed by atoms with Gasteiger partial charge in [-0.2, -0.15) is 0 Å². The molecule has 0 bridgehead atoms. The lowest BCUT2D eigenvalue weighted by atomic mass is 9.89. The molecule has 0 radical (unpaired) electrons. The molecule has 3 heteroatoms. The Balaban J connectivity index is 0.000000574. The summed E-state index contributed by atoms with van der Waals surface area (Å²) < 4.78 is 0. The summed E-state index contributed by atoms with van der Waals surface area (Å²) in [6, 6.07) is 8.06. The van der Waals surface area contributed by atoms with E-state index in [1.165, 1.54) is 5.56 Å². The van der Waals surface area contributed by atoms with Crippen LogP contribution in [0.4, 0.5) is 0 Å². The summed E-state index contributed by atoms with van der Waals surface area (Å²) in [5, 5.41) is 0. The van der Waals surface area contributed by atoms with Crippen molar-refractivity contribution in [3.63, 3.8) is 0 Å². The average molecular weight is 242 g/mol. The lowest BCUT2D eigenvalue weighted by molar-refractivity contribution is 0.854. The maximum absolute atomic E-state index is 12.0. The standard InChI is InChI=1S/C13H12N2O.C2H6/c1-8-14-11-7-6-9-4-2-3-5-10(9)12(11)13(16)15-8;1-2/h2-5H,6-7H2,1H3,(H,14,15,16);1-2H3. The molecular weight excluding hydrogens is 224 g/mol. The highest BCUT2D eigenvalue weighted by atomic mass is 16.1. The van der Waals surface area contributed by atoms with E-state index in [0.29, 0.717) is 5.82 Å². The summed E-state index contributed by atoms with van der Waals surface area (Å²) in [7, 11) is 0. The first-order valence-electron chi connectivity index (χ1n) is 6.44. The number of hydrogen-bond acceptors (Lipinski definition) is 2. The molecule has 0 amide bonds. The van der Waals surface area contributed by atoms with Crippen molar-refractivity contribution in [1.82, 2.24) is 9.97 Å². The van der Waals surface area contributed by atoms with Gasteiger partial charge in [0.15, 0.2) is 0 Å². The summed E-state index contributed by atoms with van der Waals surface area (Å²) in [5.74, 6) is 0.697. The van der Waals surface area contributed by atoms with Gasteiger partial charge in [0.25, 0.3) is 5.56 Å². The van der Waals surface area contributed by atoms with Crippen molar-refractivity contribution < 1.29 is 0 Å². The molecule has 3 nitrogen and oxygen atoms in total. The summed E-state index contributed by atoms with van der Waals surface area (Å²) >= 11 is 0. The normalized spacial score (nSPS) is 11.9. The summed E-state index contributed by atoms with van der Waals surface area (Å²) in [4.78, 5) is 19.1. The maximum atomic E-state index is 12.0. The first-order chi connectivity index (χ1) is 8.75. The van der Waals surface area contributed by atoms with Gasteiger partial charge in [-0.25, -0.2) is 4.98 Å². The molecule has 3 rings (SSSR count). The van der Waals surface area contributed by atoms with E-state index in [9.17, 15) is 4.79 Å². The van der Waals surface area contributed by atoms with Gasteiger partial charge in [0.05, 0.1) is 11.3 Å². The molecule has 1 heterocycles. The average Bonchev–Trinajstić information content (AvgIpc) is 2.40. The molecule has 94 valence electrons. The highest BCUT2D eigenvalue weighted by Gasteiger charge is 2.19. The third kappa shape index (κ3) is 2.08. The van der Waals surface area contributed by atoms with E-state index < -0.39 is 0 Å². The molecule has 1 N–H and O–H groups in total. The highest BCUT2D eigenvalue weighted by Crippen LogP contribution is 2.29. The Morgan fingerprint density at radius 2 is 1.89 bits per heavy atom. The van der Waals surface area contributed by atoms with Crippen LogP contribution in [0.5, 0.6) is 0 Å². The number of fused-ring (bicyclic) bond motifs is 3. The molecular formula is C15H18N2O. The predicted molar refractivity (Wildman–Crippen MR) is 73.8 cm³/mol. The molecule has 1 aliphatic rings. The van der Waals surface area contributed by atoms with Crippen LogP contribution in [0, 0.1) is 6.92 Å². The van der Waals surface area contributed by atoms with Crippen LogP contribution in [0.25, 0.3) is 11.1 Å². The minimum absolute atomic E-state index is 0.0188. The lowest BCUT2D eigenvalue weighted by Gasteiger charge is -2.17. The van der Waals surface area contributed by atoms with Crippen LogP contribution in [0.1, 0.15) is 30.9 Å². The number of aryl methyl sites for hydroxylation is 3. The summed E-state index contributed by atoms with van der Waals surface area (Å²) in [5.41, 5.74) is 3.95. The summed E-state index contributed by atoms with van der Waals surface area (Å²) in [6.07, 6.45) is 1.83. The van der Waals surface area contributed by atoms with Crippen molar-refractivity contribution in [1.29, 1.82) is 0 Å². The first-order valence-corrected chi connectivity index (χ1v) is 6.44. The van der Waals surface area contributed by atoms with Crippen molar-refractivity contribution in [3.8, 4) is 11.1 Å². The second-order valence-corrected chi connectivity index (χ2v) is 4.13. The van der Waals surface area contributed by atoms with E-state index in [0.717, 1.165) is 29.7 Å². The van der Waals surface area contributed by atoms with Crippen molar-refractivity contribution in [2.75, 3.05) is 0 Å². The van der Waals surface area contributed by atoms with Gasteiger partial charge in [-0.15, -0.1) is 0 Å². The number of aromatic nitrogens is 2. The van der Waals surface area contributed by atoms with Gasteiger partial charge in [0, 0.05) is 0 Å². The van der Waals surface area contributed by atoms with Gasteiger partial charge in [-0.1, -0.05) is 38.1 Å². The van der Waals surface area contributed by atoms with Gasteiger partial charge in [-0.3, -0.25) is 4.79 Å². The fraction of sp³-hybridized carbons (Fsp3) is 0.333. The Morgan fingerprint density at radius 3 is 2.67 bits per heavy atom. The molecule has 0 spiro atoms. The Bertz CT molecular complexity index is 614. The molecule has 0 saturated heterocycles. The number of benzene rings is 1. The maximum Gasteiger partial charge on any atom is 0.259 e. The van der Waals surface area contributed by atoms with E-state index in [4.69, 9.17) is 0 Å². The quantitative estimate of drug-likeness (QED) is 0.772. The zero-order chi connectivity index (χ0) is 13.1. The van der Waals surface area contributed by atoms with Crippen molar-refractivity contribution >= 4 is 0 Å². The third-order valence-corrected chi connectivity index (χ3v) is 3.03. The highest BCUT2D eigenvalue weighted by molar-refractivity contribution is 5.70. The van der Waals surface area contributed by atoms with Crippen molar-refractivity contribution in [3.05, 3.63) is 51.7 Å². The second kappa shape index (κ2) is 5.17. The molecule has 18 heavy (non-hydrogen) atoms. The smallest absolute Gasteiger partial charge is 0.259 e. The largest absolute Gasteiger partial charge is 0.310 e. The van der Waals surface area contributed by atoms with Crippen LogP contribution in [-0.4, -0.2) is 9.97 Å². The van der Waals surface area contributed by atoms with Crippen LogP contribution in [0.15, 0.2) is 29.1 Å². The lowest BCUT2D eigenvalue weighted by Crippen LogP contribution is -2.20. The van der Waals surface area contributed by atoms with Gasteiger partial charge in [-0.05, 0) is 30.9 Å². The van der Waals surface area contributed by atoms with Gasteiger partial charge in [0.1, 0.15) is 5.82 Å². The van der Waals surface area contributed by atoms with E-state index >= 15 is 0 Å². The number of nitrogens with zero attached hydrogens (tertiary/aromatic N) is 1. The Kier molecular flexibility index (Phi) is 3.60.